The van der Waals surface area contributed by atoms with Gasteiger partial charge < -0.3 is 15.0 Å². The van der Waals surface area contributed by atoms with Gasteiger partial charge in [0.1, 0.15) is 11.8 Å². The molecule has 2 aromatic carbocycles. The maximum absolute atomic E-state index is 13.4. The Labute approximate surface area is 215 Å². The SMILES string of the molecule is CC[C@H](C)NC(=O)[C@H](C)N(Cc1ccccc1C)C(=O)CCCN(c1ccccc1OC)S(C)(=O)=O. The molecule has 0 fully saturated rings. The maximum Gasteiger partial charge on any atom is 0.242 e. The predicted molar refractivity (Wildman–Crippen MR) is 144 cm³/mol. The van der Waals surface area contributed by atoms with Gasteiger partial charge in [-0.05, 0) is 56.9 Å². The van der Waals surface area contributed by atoms with Crippen LogP contribution in [0.4, 0.5) is 5.69 Å². The Bertz CT molecular complexity index is 1140. The summed E-state index contributed by atoms with van der Waals surface area (Å²) < 4.78 is 31.7. The number of rotatable bonds is 13. The molecule has 0 aliphatic carbocycles. The minimum absolute atomic E-state index is 0.000430. The van der Waals surface area contributed by atoms with Gasteiger partial charge in [-0.15, -0.1) is 0 Å². The molecule has 8 nitrogen and oxygen atoms in total. The third-order valence-electron chi connectivity index (χ3n) is 6.28. The lowest BCUT2D eigenvalue weighted by Crippen LogP contribution is -2.49. The number of benzene rings is 2. The predicted octanol–water partition coefficient (Wildman–Crippen LogP) is 3.88. The smallest absolute Gasteiger partial charge is 0.242 e. The van der Waals surface area contributed by atoms with Crippen LogP contribution < -0.4 is 14.4 Å². The van der Waals surface area contributed by atoms with Crippen LogP contribution in [0.2, 0.25) is 0 Å². The van der Waals surface area contributed by atoms with Crippen molar-refractivity contribution < 1.29 is 22.7 Å². The van der Waals surface area contributed by atoms with Crippen LogP contribution in [-0.2, 0) is 26.2 Å². The molecule has 0 heterocycles. The van der Waals surface area contributed by atoms with Crippen LogP contribution in [0.5, 0.6) is 5.75 Å². The van der Waals surface area contributed by atoms with Gasteiger partial charge in [0.2, 0.25) is 21.8 Å². The average molecular weight is 518 g/mol. The van der Waals surface area contributed by atoms with Crippen LogP contribution >= 0.6 is 0 Å². The number of sulfonamides is 1. The quantitative estimate of drug-likeness (QED) is 0.435. The molecular weight excluding hydrogens is 478 g/mol. The van der Waals surface area contributed by atoms with Crippen molar-refractivity contribution in [1.82, 2.24) is 10.2 Å². The van der Waals surface area contributed by atoms with Crippen molar-refractivity contribution in [2.24, 2.45) is 0 Å². The normalized spacial score (nSPS) is 12.9. The zero-order valence-corrected chi connectivity index (χ0v) is 23.0. The van der Waals surface area contributed by atoms with Gasteiger partial charge in [0.05, 0.1) is 19.1 Å². The van der Waals surface area contributed by atoms with Crippen molar-refractivity contribution in [3.8, 4) is 5.75 Å². The number of ether oxygens (including phenoxy) is 1. The first-order valence-electron chi connectivity index (χ1n) is 12.2. The number of carbonyl (C=O) groups is 2. The topological polar surface area (TPSA) is 96.0 Å². The molecule has 0 radical (unpaired) electrons. The Kier molecular flexibility index (Phi) is 10.8. The Morgan fingerprint density at radius 3 is 2.31 bits per heavy atom. The summed E-state index contributed by atoms with van der Waals surface area (Å²) in [5.41, 5.74) is 2.41. The summed E-state index contributed by atoms with van der Waals surface area (Å²) in [6, 6.07) is 14.0. The van der Waals surface area contributed by atoms with Crippen molar-refractivity contribution in [1.29, 1.82) is 0 Å². The number of methoxy groups -OCH3 is 1. The molecule has 2 aromatic rings. The fourth-order valence-corrected chi connectivity index (χ4v) is 4.81. The average Bonchev–Trinajstić information content (AvgIpc) is 2.84. The van der Waals surface area contributed by atoms with E-state index in [0.717, 1.165) is 23.8 Å². The van der Waals surface area contributed by atoms with E-state index in [-0.39, 0.29) is 37.2 Å². The third kappa shape index (κ3) is 7.98. The minimum atomic E-state index is -3.60. The maximum atomic E-state index is 13.4. The molecule has 0 aliphatic heterocycles. The summed E-state index contributed by atoms with van der Waals surface area (Å²) in [6.07, 6.45) is 2.30. The zero-order valence-electron chi connectivity index (χ0n) is 22.2. The zero-order chi connectivity index (χ0) is 26.9. The fourth-order valence-electron chi connectivity index (χ4n) is 3.84. The van der Waals surface area contributed by atoms with E-state index in [2.05, 4.69) is 5.32 Å². The van der Waals surface area contributed by atoms with E-state index in [9.17, 15) is 18.0 Å². The van der Waals surface area contributed by atoms with Crippen molar-refractivity contribution in [3.63, 3.8) is 0 Å². The lowest BCUT2D eigenvalue weighted by Gasteiger charge is -2.30. The summed E-state index contributed by atoms with van der Waals surface area (Å²) in [5.74, 6) is 0.0161. The number of nitrogens with zero attached hydrogens (tertiary/aromatic N) is 2. The molecule has 0 saturated heterocycles. The lowest BCUT2D eigenvalue weighted by atomic mass is 10.1. The van der Waals surface area contributed by atoms with Crippen LogP contribution in [0.3, 0.4) is 0 Å². The Morgan fingerprint density at radius 2 is 1.69 bits per heavy atom. The Hall–Kier alpha value is -3.07. The van der Waals surface area contributed by atoms with Crippen LogP contribution in [0.25, 0.3) is 0 Å². The number of amides is 2. The second-order valence-electron chi connectivity index (χ2n) is 9.05. The van der Waals surface area contributed by atoms with E-state index in [1.165, 1.54) is 11.4 Å². The molecule has 0 saturated carbocycles. The van der Waals surface area contributed by atoms with Crippen LogP contribution in [-0.4, -0.2) is 57.1 Å². The molecule has 1 N–H and O–H groups in total. The number of aryl methyl sites for hydroxylation is 1. The van der Waals surface area contributed by atoms with Gasteiger partial charge in [-0.2, -0.15) is 0 Å². The second-order valence-corrected chi connectivity index (χ2v) is 11.0. The number of para-hydroxylation sites is 2. The lowest BCUT2D eigenvalue weighted by molar-refractivity contribution is -0.140. The number of anilines is 1. The highest BCUT2D eigenvalue weighted by molar-refractivity contribution is 7.92. The molecule has 0 spiro atoms. The number of nitrogens with one attached hydrogen (secondary N) is 1. The van der Waals surface area contributed by atoms with E-state index < -0.39 is 16.1 Å². The Balaban J connectivity index is 2.21. The van der Waals surface area contributed by atoms with Gasteiger partial charge in [0.25, 0.3) is 0 Å². The van der Waals surface area contributed by atoms with Crippen molar-refractivity contribution in [2.75, 3.05) is 24.2 Å². The summed E-state index contributed by atoms with van der Waals surface area (Å²) in [5, 5.41) is 2.96. The molecule has 2 rings (SSSR count). The van der Waals surface area contributed by atoms with Crippen LogP contribution in [0, 0.1) is 6.92 Å². The molecule has 2 atom stereocenters. The van der Waals surface area contributed by atoms with Gasteiger partial charge in [0.15, 0.2) is 0 Å². The van der Waals surface area contributed by atoms with Crippen LogP contribution in [0.1, 0.15) is 51.2 Å². The van der Waals surface area contributed by atoms with Crippen molar-refractivity contribution >= 4 is 27.5 Å². The summed E-state index contributed by atoms with van der Waals surface area (Å²) in [4.78, 5) is 27.9. The van der Waals surface area contributed by atoms with Crippen LogP contribution in [0.15, 0.2) is 48.5 Å². The number of hydrogen-bond donors (Lipinski definition) is 1. The van der Waals surface area contributed by atoms with Gasteiger partial charge in [0, 0.05) is 25.6 Å². The summed E-state index contributed by atoms with van der Waals surface area (Å²) in [6.45, 7) is 8.01. The van der Waals surface area contributed by atoms with Gasteiger partial charge in [-0.1, -0.05) is 43.3 Å². The standard InChI is InChI=1S/C27H39N3O5S/c1-7-21(3)28-27(32)22(4)29(19-23-14-9-8-13-20(23)2)26(31)17-12-18-30(36(6,33)34)24-15-10-11-16-25(24)35-5/h8-11,13-16,21-22H,7,12,17-19H2,1-6H3,(H,28,32)/t21-,22-/m0/s1. The highest BCUT2D eigenvalue weighted by Gasteiger charge is 2.28. The molecule has 0 aliphatic rings. The third-order valence-corrected chi connectivity index (χ3v) is 7.46. The van der Waals surface area contributed by atoms with E-state index in [1.807, 2.05) is 45.0 Å². The van der Waals surface area contributed by atoms with E-state index in [0.29, 0.717) is 18.0 Å². The molecule has 9 heteroatoms. The molecule has 36 heavy (non-hydrogen) atoms. The molecule has 0 bridgehead atoms. The van der Waals surface area contributed by atoms with Gasteiger partial charge in [-0.25, -0.2) is 8.42 Å². The highest BCUT2D eigenvalue weighted by Crippen LogP contribution is 2.29. The van der Waals surface area contributed by atoms with Crippen molar-refractivity contribution in [3.05, 3.63) is 59.7 Å². The van der Waals surface area contributed by atoms with Gasteiger partial charge >= 0.3 is 0 Å². The monoisotopic (exact) mass is 517 g/mol. The first kappa shape index (κ1) is 29.2. The fraction of sp³-hybridized carbons (Fsp3) is 0.481. The summed E-state index contributed by atoms with van der Waals surface area (Å²) in [7, 11) is -2.12. The van der Waals surface area contributed by atoms with Crippen molar-refractivity contribution in [2.45, 2.75) is 65.6 Å². The first-order chi connectivity index (χ1) is 17.0. The van der Waals surface area contributed by atoms with Gasteiger partial charge in [-0.3, -0.25) is 13.9 Å². The molecular formula is C27H39N3O5S. The van der Waals surface area contributed by atoms with E-state index in [1.54, 1.807) is 36.1 Å². The largest absolute Gasteiger partial charge is 0.495 e. The minimum Gasteiger partial charge on any atom is -0.495 e. The number of carbonyl (C=O) groups excluding carboxylic acids is 2. The van der Waals surface area contributed by atoms with E-state index >= 15 is 0 Å². The molecule has 2 amide bonds. The molecule has 198 valence electrons. The molecule has 0 unspecified atom stereocenters. The summed E-state index contributed by atoms with van der Waals surface area (Å²) >= 11 is 0. The first-order valence-corrected chi connectivity index (χ1v) is 14.1. The molecule has 0 aromatic heterocycles. The second kappa shape index (κ2) is 13.3. The Morgan fingerprint density at radius 1 is 1.06 bits per heavy atom. The highest BCUT2D eigenvalue weighted by atomic mass is 32.2. The number of hydrogen-bond acceptors (Lipinski definition) is 5. The van der Waals surface area contributed by atoms with E-state index in [4.69, 9.17) is 4.74 Å².